The Bertz CT molecular complexity index is 927. The number of alkyl halides is 3. The van der Waals surface area contributed by atoms with Gasteiger partial charge in [-0.25, -0.2) is 0 Å². The number of nitrogens with one attached hydrogen (secondary N) is 2. The van der Waals surface area contributed by atoms with Crippen molar-refractivity contribution in [1.29, 1.82) is 0 Å². The average Bonchev–Trinajstić information content (AvgIpc) is 2.81. The number of carbonyl (C=O) groups excluding carboxylic acids is 2. The maximum absolute atomic E-state index is 12.6. The average molecular weight is 450 g/mol. The fraction of sp³-hybridized carbons (Fsp3) is 0.364. The molecule has 2 amide bonds. The van der Waals surface area contributed by atoms with E-state index < -0.39 is 18.6 Å². The van der Waals surface area contributed by atoms with Gasteiger partial charge >= 0.3 is 6.18 Å². The van der Waals surface area contributed by atoms with Crippen LogP contribution in [0.15, 0.2) is 48.5 Å². The van der Waals surface area contributed by atoms with Gasteiger partial charge in [0.2, 0.25) is 5.91 Å². The van der Waals surface area contributed by atoms with Crippen molar-refractivity contribution in [3.63, 3.8) is 0 Å². The highest BCUT2D eigenvalue weighted by Gasteiger charge is 2.28. The maximum Gasteiger partial charge on any atom is 0.405 e. The molecule has 7 nitrogen and oxygen atoms in total. The lowest BCUT2D eigenvalue weighted by Gasteiger charge is -2.36. The first kappa shape index (κ1) is 23.2. The predicted octanol–water partition coefficient (Wildman–Crippen LogP) is 2.75. The summed E-state index contributed by atoms with van der Waals surface area (Å²) >= 11 is 0. The fourth-order valence-electron chi connectivity index (χ4n) is 3.40. The van der Waals surface area contributed by atoms with E-state index in [0.717, 1.165) is 11.4 Å². The Morgan fingerprint density at radius 3 is 2.28 bits per heavy atom. The van der Waals surface area contributed by atoms with Crippen LogP contribution in [-0.2, 0) is 4.79 Å². The molecule has 2 aromatic rings. The van der Waals surface area contributed by atoms with Gasteiger partial charge in [0, 0.05) is 37.6 Å². The van der Waals surface area contributed by atoms with Crippen LogP contribution in [0.2, 0.25) is 0 Å². The number of ether oxygens (including phenoxy) is 1. The van der Waals surface area contributed by atoms with Crippen molar-refractivity contribution in [1.82, 2.24) is 10.2 Å². The molecule has 32 heavy (non-hydrogen) atoms. The number of nitrogens with zero attached hydrogens (tertiary/aromatic N) is 2. The van der Waals surface area contributed by atoms with Crippen molar-refractivity contribution < 1.29 is 27.5 Å². The normalized spacial score (nSPS) is 14.1. The first-order valence-corrected chi connectivity index (χ1v) is 10.1. The summed E-state index contributed by atoms with van der Waals surface area (Å²) in [5.41, 5.74) is 1.40. The van der Waals surface area contributed by atoms with E-state index in [2.05, 4.69) is 10.2 Å². The minimum Gasteiger partial charge on any atom is -0.497 e. The molecule has 2 aromatic carbocycles. The SMILES string of the molecule is COc1ccc(N2CCN(C(=O)CNc3ccccc3C(=O)NCC(F)(F)F)CC2)cc1. The molecule has 3 rings (SSSR count). The minimum absolute atomic E-state index is 0.0499. The Morgan fingerprint density at radius 2 is 1.66 bits per heavy atom. The van der Waals surface area contributed by atoms with Crippen LogP contribution in [0, 0.1) is 0 Å². The number of methoxy groups -OCH3 is 1. The van der Waals surface area contributed by atoms with Gasteiger partial charge in [-0.15, -0.1) is 0 Å². The molecule has 2 N–H and O–H groups in total. The number of hydrogen-bond acceptors (Lipinski definition) is 5. The van der Waals surface area contributed by atoms with Crippen molar-refractivity contribution in [3.8, 4) is 5.75 Å². The number of anilines is 2. The lowest BCUT2D eigenvalue weighted by molar-refractivity contribution is -0.129. The highest BCUT2D eigenvalue weighted by molar-refractivity contribution is 6.00. The maximum atomic E-state index is 12.6. The number of amides is 2. The Morgan fingerprint density at radius 1 is 1.00 bits per heavy atom. The summed E-state index contributed by atoms with van der Waals surface area (Å²) in [6, 6.07) is 13.9. The molecule has 1 heterocycles. The third kappa shape index (κ3) is 6.29. The summed E-state index contributed by atoms with van der Waals surface area (Å²) in [5, 5.41) is 4.73. The van der Waals surface area contributed by atoms with E-state index in [1.807, 2.05) is 29.6 Å². The van der Waals surface area contributed by atoms with Crippen LogP contribution >= 0.6 is 0 Å². The molecule has 10 heteroatoms. The van der Waals surface area contributed by atoms with E-state index in [9.17, 15) is 22.8 Å². The van der Waals surface area contributed by atoms with Crippen molar-refractivity contribution in [2.45, 2.75) is 6.18 Å². The Labute approximate surface area is 184 Å². The van der Waals surface area contributed by atoms with Gasteiger partial charge in [-0.05, 0) is 36.4 Å². The smallest absolute Gasteiger partial charge is 0.405 e. The summed E-state index contributed by atoms with van der Waals surface area (Å²) in [4.78, 5) is 28.6. The molecule has 0 aromatic heterocycles. The van der Waals surface area contributed by atoms with E-state index in [4.69, 9.17) is 4.74 Å². The quantitative estimate of drug-likeness (QED) is 0.679. The van der Waals surface area contributed by atoms with Crippen molar-refractivity contribution in [3.05, 3.63) is 54.1 Å². The third-order valence-corrected chi connectivity index (χ3v) is 5.12. The molecule has 1 fully saturated rings. The van der Waals surface area contributed by atoms with Crippen LogP contribution in [0.3, 0.4) is 0 Å². The van der Waals surface area contributed by atoms with Gasteiger partial charge in [0.05, 0.1) is 19.2 Å². The summed E-state index contributed by atoms with van der Waals surface area (Å²) in [5.74, 6) is -0.225. The molecule has 1 aliphatic rings. The van der Waals surface area contributed by atoms with Crippen LogP contribution < -0.4 is 20.3 Å². The standard InChI is InChI=1S/C22H25F3N4O3/c1-32-17-8-6-16(7-9-17)28-10-12-29(13-11-28)20(30)14-26-19-5-3-2-4-18(19)21(31)27-15-22(23,24)25/h2-9,26H,10-15H2,1H3,(H,27,31). The molecule has 0 aliphatic carbocycles. The van der Waals surface area contributed by atoms with Crippen LogP contribution in [0.25, 0.3) is 0 Å². The molecule has 0 unspecified atom stereocenters. The van der Waals surface area contributed by atoms with E-state index >= 15 is 0 Å². The molecule has 0 bridgehead atoms. The zero-order valence-electron chi connectivity index (χ0n) is 17.6. The van der Waals surface area contributed by atoms with Crippen molar-refractivity contribution in [2.24, 2.45) is 0 Å². The van der Waals surface area contributed by atoms with Crippen LogP contribution in [0.5, 0.6) is 5.75 Å². The highest BCUT2D eigenvalue weighted by atomic mass is 19.4. The Kier molecular flexibility index (Phi) is 7.45. The molecular formula is C22H25F3N4O3. The molecule has 0 spiro atoms. The lowest BCUT2D eigenvalue weighted by Crippen LogP contribution is -2.50. The monoisotopic (exact) mass is 450 g/mol. The van der Waals surface area contributed by atoms with Gasteiger partial charge in [-0.3, -0.25) is 9.59 Å². The molecule has 1 aliphatic heterocycles. The minimum atomic E-state index is -4.50. The van der Waals surface area contributed by atoms with E-state index in [1.165, 1.54) is 6.07 Å². The molecule has 0 saturated carbocycles. The molecule has 0 radical (unpaired) electrons. The van der Waals surface area contributed by atoms with Gasteiger partial charge in [0.1, 0.15) is 12.3 Å². The van der Waals surface area contributed by atoms with Crippen LogP contribution in [0.4, 0.5) is 24.5 Å². The topological polar surface area (TPSA) is 73.9 Å². The fourth-order valence-corrected chi connectivity index (χ4v) is 3.40. The molecule has 172 valence electrons. The first-order valence-electron chi connectivity index (χ1n) is 10.1. The van der Waals surface area contributed by atoms with Crippen LogP contribution in [-0.4, -0.2) is 69.3 Å². The van der Waals surface area contributed by atoms with Gasteiger partial charge in [0.15, 0.2) is 0 Å². The molecule has 0 atom stereocenters. The van der Waals surface area contributed by atoms with Gasteiger partial charge in [-0.2, -0.15) is 13.2 Å². The number of halogens is 3. The van der Waals surface area contributed by atoms with E-state index in [-0.39, 0.29) is 18.0 Å². The predicted molar refractivity (Wildman–Crippen MR) is 115 cm³/mol. The Balaban J connectivity index is 1.51. The van der Waals surface area contributed by atoms with Gasteiger partial charge < -0.3 is 25.2 Å². The van der Waals surface area contributed by atoms with E-state index in [1.54, 1.807) is 30.2 Å². The number of carbonyl (C=O) groups is 2. The zero-order chi connectivity index (χ0) is 23.1. The third-order valence-electron chi connectivity index (χ3n) is 5.12. The second kappa shape index (κ2) is 10.3. The second-order valence-corrected chi connectivity index (χ2v) is 7.26. The number of para-hydroxylation sites is 1. The summed E-state index contributed by atoms with van der Waals surface area (Å²) in [6.45, 7) is 0.952. The Hall–Kier alpha value is -3.43. The van der Waals surface area contributed by atoms with E-state index in [0.29, 0.717) is 31.9 Å². The summed E-state index contributed by atoms with van der Waals surface area (Å²) in [7, 11) is 1.61. The second-order valence-electron chi connectivity index (χ2n) is 7.26. The lowest BCUT2D eigenvalue weighted by atomic mass is 10.1. The summed E-state index contributed by atoms with van der Waals surface area (Å²) < 4.78 is 42.3. The zero-order valence-corrected chi connectivity index (χ0v) is 17.6. The van der Waals surface area contributed by atoms with Crippen molar-refractivity contribution in [2.75, 3.05) is 56.6 Å². The van der Waals surface area contributed by atoms with Crippen LogP contribution in [0.1, 0.15) is 10.4 Å². The largest absolute Gasteiger partial charge is 0.497 e. The first-order chi connectivity index (χ1) is 15.3. The summed E-state index contributed by atoms with van der Waals surface area (Å²) in [6.07, 6.45) is -4.50. The molecule has 1 saturated heterocycles. The number of hydrogen-bond donors (Lipinski definition) is 2. The number of rotatable bonds is 7. The van der Waals surface area contributed by atoms with Gasteiger partial charge in [-0.1, -0.05) is 12.1 Å². The number of piperazine rings is 1. The van der Waals surface area contributed by atoms with Gasteiger partial charge in [0.25, 0.3) is 5.91 Å². The number of benzene rings is 2. The highest BCUT2D eigenvalue weighted by Crippen LogP contribution is 2.21. The van der Waals surface area contributed by atoms with Crippen molar-refractivity contribution >= 4 is 23.2 Å². The molecular weight excluding hydrogens is 425 g/mol.